The summed E-state index contributed by atoms with van der Waals surface area (Å²) in [6.07, 6.45) is -2.39. The van der Waals surface area contributed by atoms with Crippen LogP contribution in [-0.2, 0) is 6.42 Å². The molecule has 2 rings (SSSR count). The zero-order valence-electron chi connectivity index (χ0n) is 13.2. The van der Waals surface area contributed by atoms with Crippen molar-refractivity contribution in [2.75, 3.05) is 26.2 Å². The van der Waals surface area contributed by atoms with Crippen LogP contribution in [0.15, 0.2) is 24.3 Å². The van der Waals surface area contributed by atoms with Gasteiger partial charge in [0.15, 0.2) is 0 Å². The summed E-state index contributed by atoms with van der Waals surface area (Å²) in [5.41, 5.74) is 0.803. The smallest absolute Gasteiger partial charge is 0.406 e. The van der Waals surface area contributed by atoms with Crippen LogP contribution in [0.4, 0.5) is 18.0 Å². The van der Waals surface area contributed by atoms with Gasteiger partial charge in [0.1, 0.15) is 5.75 Å². The molecule has 0 saturated carbocycles. The Labute approximate surface area is 138 Å². The quantitative estimate of drug-likeness (QED) is 0.861. The number of nitrogens with one attached hydrogen (secondary N) is 1. The summed E-state index contributed by atoms with van der Waals surface area (Å²) in [7, 11) is 0. The Bertz CT molecular complexity index is 534. The molecule has 2 N–H and O–H groups in total. The van der Waals surface area contributed by atoms with Crippen molar-refractivity contribution in [2.45, 2.75) is 25.6 Å². The van der Waals surface area contributed by atoms with E-state index in [1.54, 1.807) is 4.90 Å². The highest BCUT2D eigenvalue weighted by atomic mass is 19.4. The molecular formula is C16H21F3N2O3. The first-order valence-electron chi connectivity index (χ1n) is 7.85. The molecule has 0 bridgehead atoms. The fraction of sp³-hybridized carbons (Fsp3) is 0.562. The fourth-order valence-electron chi connectivity index (χ4n) is 2.68. The molecule has 0 radical (unpaired) electrons. The van der Waals surface area contributed by atoms with Crippen molar-refractivity contribution >= 4 is 6.03 Å². The van der Waals surface area contributed by atoms with Crippen molar-refractivity contribution in [3.63, 3.8) is 0 Å². The summed E-state index contributed by atoms with van der Waals surface area (Å²) >= 11 is 0. The number of aliphatic hydroxyl groups is 1. The topological polar surface area (TPSA) is 61.8 Å². The second-order valence-corrected chi connectivity index (χ2v) is 5.81. The number of alkyl halides is 3. The van der Waals surface area contributed by atoms with E-state index >= 15 is 0 Å². The number of aliphatic hydroxyl groups excluding tert-OH is 1. The maximum Gasteiger partial charge on any atom is 0.573 e. The Morgan fingerprint density at radius 2 is 2.04 bits per heavy atom. The molecule has 1 saturated heterocycles. The van der Waals surface area contributed by atoms with E-state index in [2.05, 4.69) is 10.1 Å². The monoisotopic (exact) mass is 346 g/mol. The number of amides is 2. The van der Waals surface area contributed by atoms with E-state index in [1.165, 1.54) is 24.3 Å². The molecule has 1 aromatic rings. The Balaban J connectivity index is 1.74. The largest absolute Gasteiger partial charge is 0.573 e. The van der Waals surface area contributed by atoms with E-state index in [-0.39, 0.29) is 24.3 Å². The van der Waals surface area contributed by atoms with Crippen LogP contribution >= 0.6 is 0 Å². The lowest BCUT2D eigenvalue weighted by Gasteiger charge is -2.31. The van der Waals surface area contributed by atoms with Gasteiger partial charge >= 0.3 is 12.4 Å². The van der Waals surface area contributed by atoms with Crippen molar-refractivity contribution in [1.29, 1.82) is 0 Å². The van der Waals surface area contributed by atoms with E-state index in [0.29, 0.717) is 26.1 Å². The zero-order valence-corrected chi connectivity index (χ0v) is 13.2. The van der Waals surface area contributed by atoms with Crippen molar-refractivity contribution in [3.8, 4) is 5.75 Å². The van der Waals surface area contributed by atoms with Gasteiger partial charge in [0.05, 0.1) is 0 Å². The van der Waals surface area contributed by atoms with Gasteiger partial charge in [-0.2, -0.15) is 0 Å². The number of piperidine rings is 1. The summed E-state index contributed by atoms with van der Waals surface area (Å²) in [5, 5.41) is 12.0. The second kappa shape index (κ2) is 8.23. The number of halogens is 3. The number of hydrogen-bond acceptors (Lipinski definition) is 3. The third kappa shape index (κ3) is 5.92. The van der Waals surface area contributed by atoms with E-state index < -0.39 is 6.36 Å². The molecule has 1 aromatic carbocycles. The molecule has 5 nitrogen and oxygen atoms in total. The van der Waals surface area contributed by atoms with Gasteiger partial charge in [-0.25, -0.2) is 4.79 Å². The van der Waals surface area contributed by atoms with E-state index in [4.69, 9.17) is 5.11 Å². The summed E-state index contributed by atoms with van der Waals surface area (Å²) in [6, 6.07) is 5.40. The fourth-order valence-corrected chi connectivity index (χ4v) is 2.68. The van der Waals surface area contributed by atoms with Crippen LogP contribution in [0.1, 0.15) is 18.4 Å². The van der Waals surface area contributed by atoms with Gasteiger partial charge < -0.3 is 20.1 Å². The van der Waals surface area contributed by atoms with Gasteiger partial charge in [-0.3, -0.25) is 0 Å². The number of benzene rings is 1. The van der Waals surface area contributed by atoms with Gasteiger partial charge in [-0.15, -0.1) is 13.2 Å². The molecule has 1 aliphatic rings. The molecule has 1 heterocycles. The molecule has 2 amide bonds. The Morgan fingerprint density at radius 3 is 2.67 bits per heavy atom. The number of hydrogen-bond donors (Lipinski definition) is 2. The number of ether oxygens (including phenoxy) is 1. The third-order valence-electron chi connectivity index (χ3n) is 3.91. The van der Waals surface area contributed by atoms with Crippen LogP contribution in [0, 0.1) is 5.92 Å². The molecule has 0 aromatic heterocycles. The average Bonchev–Trinajstić information content (AvgIpc) is 2.55. The summed E-state index contributed by atoms with van der Waals surface area (Å²) < 4.78 is 40.0. The lowest BCUT2D eigenvalue weighted by molar-refractivity contribution is -0.274. The Morgan fingerprint density at radius 1 is 1.33 bits per heavy atom. The van der Waals surface area contributed by atoms with Gasteiger partial charge in [0, 0.05) is 26.2 Å². The van der Waals surface area contributed by atoms with Crippen LogP contribution < -0.4 is 10.1 Å². The van der Waals surface area contributed by atoms with Gasteiger partial charge in [-0.05, 0) is 42.9 Å². The minimum absolute atomic E-state index is 0.0795. The molecule has 1 fully saturated rings. The van der Waals surface area contributed by atoms with E-state index in [0.717, 1.165) is 18.4 Å². The molecule has 24 heavy (non-hydrogen) atoms. The van der Waals surface area contributed by atoms with Crippen LogP contribution in [0.25, 0.3) is 0 Å². The molecule has 1 unspecified atom stereocenters. The molecular weight excluding hydrogens is 325 g/mol. The van der Waals surface area contributed by atoms with E-state index in [1.807, 2.05) is 0 Å². The predicted octanol–water partition coefficient (Wildman–Crippen LogP) is 2.54. The van der Waals surface area contributed by atoms with Gasteiger partial charge in [0.2, 0.25) is 0 Å². The number of urea groups is 1. The van der Waals surface area contributed by atoms with Crippen LogP contribution in [-0.4, -0.2) is 48.6 Å². The lowest BCUT2D eigenvalue weighted by Crippen LogP contribution is -2.46. The second-order valence-electron chi connectivity index (χ2n) is 5.81. The highest BCUT2D eigenvalue weighted by Gasteiger charge is 2.30. The predicted molar refractivity (Wildman–Crippen MR) is 81.6 cm³/mol. The average molecular weight is 346 g/mol. The SMILES string of the molecule is O=C(NCCc1ccc(OC(F)(F)F)cc1)N1CCCC(CO)C1. The van der Waals surface area contributed by atoms with Crippen molar-refractivity contribution in [3.05, 3.63) is 29.8 Å². The molecule has 8 heteroatoms. The normalized spacial score (nSPS) is 18.3. The van der Waals surface area contributed by atoms with Crippen LogP contribution in [0.3, 0.4) is 0 Å². The molecule has 0 aliphatic carbocycles. The number of rotatable bonds is 5. The first kappa shape index (κ1) is 18.4. The number of nitrogens with zero attached hydrogens (tertiary/aromatic N) is 1. The molecule has 134 valence electrons. The standard InChI is InChI=1S/C16H21F3N2O3/c17-16(18,19)24-14-5-3-12(4-6-14)7-8-20-15(23)21-9-1-2-13(10-21)11-22/h3-6,13,22H,1-2,7-11H2,(H,20,23). The van der Waals surface area contributed by atoms with Crippen LogP contribution in [0.5, 0.6) is 5.75 Å². The van der Waals surface area contributed by atoms with Crippen molar-refractivity contribution in [2.24, 2.45) is 5.92 Å². The lowest BCUT2D eigenvalue weighted by atomic mass is 9.99. The summed E-state index contributed by atoms with van der Waals surface area (Å²) in [4.78, 5) is 13.7. The highest BCUT2D eigenvalue weighted by Crippen LogP contribution is 2.22. The Kier molecular flexibility index (Phi) is 6.30. The van der Waals surface area contributed by atoms with Crippen molar-refractivity contribution < 1.29 is 27.8 Å². The van der Waals surface area contributed by atoms with Gasteiger partial charge in [-0.1, -0.05) is 12.1 Å². The minimum Gasteiger partial charge on any atom is -0.406 e. The first-order valence-corrected chi connectivity index (χ1v) is 7.85. The number of carbonyl (C=O) groups excluding carboxylic acids is 1. The maximum atomic E-state index is 12.1. The Hall–Kier alpha value is -1.96. The van der Waals surface area contributed by atoms with E-state index in [9.17, 15) is 18.0 Å². The summed E-state index contributed by atoms with van der Waals surface area (Å²) in [5.74, 6) is -0.135. The van der Waals surface area contributed by atoms with Crippen LogP contribution in [0.2, 0.25) is 0 Å². The highest BCUT2D eigenvalue weighted by molar-refractivity contribution is 5.74. The number of likely N-dealkylation sites (tertiary alicyclic amines) is 1. The number of carbonyl (C=O) groups is 1. The third-order valence-corrected chi connectivity index (χ3v) is 3.91. The maximum absolute atomic E-state index is 12.1. The molecule has 1 aliphatic heterocycles. The minimum atomic E-state index is -4.70. The molecule has 0 spiro atoms. The van der Waals surface area contributed by atoms with Gasteiger partial charge in [0.25, 0.3) is 0 Å². The van der Waals surface area contributed by atoms with Crippen molar-refractivity contribution in [1.82, 2.24) is 10.2 Å². The zero-order chi connectivity index (χ0) is 17.6. The summed E-state index contributed by atoms with van der Waals surface area (Å²) in [6.45, 7) is 1.69. The first-order chi connectivity index (χ1) is 11.4. The molecule has 1 atom stereocenters.